The molecule has 0 fully saturated rings. The summed E-state index contributed by atoms with van der Waals surface area (Å²) in [7, 11) is 4.04. The zero-order chi connectivity index (χ0) is 15.7. The molecule has 0 aromatic heterocycles. The smallest absolute Gasteiger partial charge is 0.333 e. The highest BCUT2D eigenvalue weighted by atomic mass is 16.5. The molecule has 0 spiro atoms. The van der Waals surface area contributed by atoms with Crippen molar-refractivity contribution in [2.45, 2.75) is 53.1 Å². The first-order valence-corrected chi connectivity index (χ1v) is 7.50. The van der Waals surface area contributed by atoms with Crippen LogP contribution in [-0.2, 0) is 9.53 Å². The largest absolute Gasteiger partial charge is 0.461 e. The second kappa shape index (κ2) is 9.94. The number of carbonyl (C=O) groups is 1. The van der Waals surface area contributed by atoms with E-state index in [2.05, 4.69) is 37.5 Å². The molecule has 20 heavy (non-hydrogen) atoms. The molecule has 0 bridgehead atoms. The Hall–Kier alpha value is -0.870. The number of hydrogen-bond donors (Lipinski definition) is 0. The summed E-state index contributed by atoms with van der Waals surface area (Å²) in [6, 6.07) is 0.927. The summed E-state index contributed by atoms with van der Waals surface area (Å²) in [6.45, 7) is 12.6. The van der Waals surface area contributed by atoms with E-state index in [1.807, 2.05) is 27.1 Å². The molecule has 0 aliphatic heterocycles. The van der Waals surface area contributed by atoms with Gasteiger partial charge in [0.25, 0.3) is 0 Å². The number of rotatable bonds is 9. The van der Waals surface area contributed by atoms with Gasteiger partial charge in [0, 0.05) is 30.7 Å². The Bertz CT molecular complexity index is 302. The fourth-order valence-electron chi connectivity index (χ4n) is 2.09. The van der Waals surface area contributed by atoms with Crippen LogP contribution < -0.4 is 0 Å². The zero-order valence-corrected chi connectivity index (χ0v) is 14.3. The Labute approximate surface area is 124 Å². The van der Waals surface area contributed by atoms with Gasteiger partial charge in [-0.25, -0.2) is 4.79 Å². The molecule has 4 heteroatoms. The normalized spacial score (nSPS) is 12.8. The second-order valence-electron chi connectivity index (χ2n) is 6.04. The maximum atomic E-state index is 11.8. The highest BCUT2D eigenvalue weighted by molar-refractivity contribution is 5.87. The van der Waals surface area contributed by atoms with Crippen LogP contribution in [0.15, 0.2) is 11.6 Å². The SMILES string of the molecule is CC(=CCCN(C)C)C(=O)OCCN(C(C)C)C(C)C. The van der Waals surface area contributed by atoms with Gasteiger partial charge in [0.2, 0.25) is 0 Å². The third-order valence-corrected chi connectivity index (χ3v) is 3.26. The molecule has 0 aliphatic carbocycles. The average Bonchev–Trinajstić information content (AvgIpc) is 2.32. The van der Waals surface area contributed by atoms with Crippen LogP contribution in [0.1, 0.15) is 41.0 Å². The van der Waals surface area contributed by atoms with Gasteiger partial charge >= 0.3 is 5.97 Å². The van der Waals surface area contributed by atoms with Crippen molar-refractivity contribution < 1.29 is 9.53 Å². The summed E-state index contributed by atoms with van der Waals surface area (Å²) in [5.74, 6) is -0.198. The van der Waals surface area contributed by atoms with Crippen LogP contribution in [0, 0.1) is 0 Å². The van der Waals surface area contributed by atoms with Crippen LogP contribution >= 0.6 is 0 Å². The topological polar surface area (TPSA) is 32.8 Å². The monoisotopic (exact) mass is 284 g/mol. The number of ether oxygens (including phenoxy) is 1. The average molecular weight is 284 g/mol. The second-order valence-corrected chi connectivity index (χ2v) is 6.04. The number of carbonyl (C=O) groups excluding carboxylic acids is 1. The van der Waals surface area contributed by atoms with Gasteiger partial charge in [-0.2, -0.15) is 0 Å². The third kappa shape index (κ3) is 8.33. The molecule has 0 N–H and O–H groups in total. The lowest BCUT2D eigenvalue weighted by molar-refractivity contribution is -0.139. The molecular formula is C16H32N2O2. The van der Waals surface area contributed by atoms with Gasteiger partial charge in [0.15, 0.2) is 0 Å². The van der Waals surface area contributed by atoms with E-state index in [-0.39, 0.29) is 5.97 Å². The minimum absolute atomic E-state index is 0.198. The molecule has 0 amide bonds. The zero-order valence-electron chi connectivity index (χ0n) is 14.3. The maximum Gasteiger partial charge on any atom is 0.333 e. The molecule has 0 heterocycles. The van der Waals surface area contributed by atoms with Gasteiger partial charge in [0.05, 0.1) is 0 Å². The van der Waals surface area contributed by atoms with Crippen molar-refractivity contribution >= 4 is 5.97 Å². The molecule has 0 aromatic carbocycles. The summed E-state index contributed by atoms with van der Waals surface area (Å²) in [4.78, 5) is 16.2. The summed E-state index contributed by atoms with van der Waals surface area (Å²) in [5.41, 5.74) is 0.701. The van der Waals surface area contributed by atoms with E-state index in [1.54, 1.807) is 0 Å². The predicted molar refractivity (Wildman–Crippen MR) is 84.9 cm³/mol. The van der Waals surface area contributed by atoms with Crippen molar-refractivity contribution in [3.05, 3.63) is 11.6 Å². The van der Waals surface area contributed by atoms with Gasteiger partial charge < -0.3 is 9.64 Å². The Balaban J connectivity index is 4.09. The molecule has 0 saturated heterocycles. The van der Waals surface area contributed by atoms with Crippen molar-refractivity contribution in [3.63, 3.8) is 0 Å². The minimum Gasteiger partial charge on any atom is -0.461 e. The Morgan fingerprint density at radius 2 is 1.65 bits per heavy atom. The molecule has 118 valence electrons. The lowest BCUT2D eigenvalue weighted by Crippen LogP contribution is -2.39. The molecule has 0 saturated carbocycles. The molecule has 0 aromatic rings. The Morgan fingerprint density at radius 1 is 1.10 bits per heavy atom. The summed E-state index contributed by atoms with van der Waals surface area (Å²) in [5, 5.41) is 0. The summed E-state index contributed by atoms with van der Waals surface area (Å²) < 4.78 is 5.33. The van der Waals surface area contributed by atoms with Crippen LogP contribution in [0.3, 0.4) is 0 Å². The first kappa shape index (κ1) is 19.1. The standard InChI is InChI=1S/C16H32N2O2/c1-13(2)18(14(3)4)11-12-20-16(19)15(5)9-8-10-17(6)7/h9,13-14H,8,10-12H2,1-7H3. The third-order valence-electron chi connectivity index (χ3n) is 3.26. The number of esters is 1. The van der Waals surface area contributed by atoms with Crippen molar-refractivity contribution in [2.24, 2.45) is 0 Å². The van der Waals surface area contributed by atoms with E-state index in [4.69, 9.17) is 4.74 Å². The van der Waals surface area contributed by atoms with Crippen molar-refractivity contribution in [3.8, 4) is 0 Å². The van der Waals surface area contributed by atoms with E-state index in [0.29, 0.717) is 24.3 Å². The molecule has 4 nitrogen and oxygen atoms in total. The van der Waals surface area contributed by atoms with Crippen LogP contribution in [0.5, 0.6) is 0 Å². The fourth-order valence-corrected chi connectivity index (χ4v) is 2.09. The van der Waals surface area contributed by atoms with E-state index in [0.717, 1.165) is 19.5 Å². The van der Waals surface area contributed by atoms with Crippen LogP contribution in [-0.4, -0.2) is 61.6 Å². The number of nitrogens with zero attached hydrogens (tertiary/aromatic N) is 2. The van der Waals surface area contributed by atoms with E-state index in [9.17, 15) is 4.79 Å². The van der Waals surface area contributed by atoms with Crippen molar-refractivity contribution in [2.75, 3.05) is 33.8 Å². The van der Waals surface area contributed by atoms with Gasteiger partial charge in [0.1, 0.15) is 6.61 Å². The first-order valence-electron chi connectivity index (χ1n) is 7.50. The van der Waals surface area contributed by atoms with Gasteiger partial charge in [-0.05, 0) is 55.1 Å². The highest BCUT2D eigenvalue weighted by Crippen LogP contribution is 2.05. The van der Waals surface area contributed by atoms with Crippen molar-refractivity contribution in [1.29, 1.82) is 0 Å². The van der Waals surface area contributed by atoms with Gasteiger partial charge in [-0.3, -0.25) is 4.90 Å². The van der Waals surface area contributed by atoms with Crippen LogP contribution in [0.2, 0.25) is 0 Å². The molecule has 0 unspecified atom stereocenters. The van der Waals surface area contributed by atoms with E-state index in [1.165, 1.54) is 0 Å². The molecule has 0 rings (SSSR count). The van der Waals surface area contributed by atoms with E-state index >= 15 is 0 Å². The number of hydrogen-bond acceptors (Lipinski definition) is 4. The first-order chi connectivity index (χ1) is 9.25. The maximum absolute atomic E-state index is 11.8. The molecule has 0 aliphatic rings. The minimum atomic E-state index is -0.198. The Kier molecular flexibility index (Phi) is 9.51. The molecular weight excluding hydrogens is 252 g/mol. The lowest BCUT2D eigenvalue weighted by Gasteiger charge is -2.30. The van der Waals surface area contributed by atoms with Crippen LogP contribution in [0.25, 0.3) is 0 Å². The molecule has 0 radical (unpaired) electrons. The molecule has 0 atom stereocenters. The van der Waals surface area contributed by atoms with Gasteiger partial charge in [-0.1, -0.05) is 6.08 Å². The summed E-state index contributed by atoms with van der Waals surface area (Å²) in [6.07, 6.45) is 2.82. The highest BCUT2D eigenvalue weighted by Gasteiger charge is 2.14. The quantitative estimate of drug-likeness (QED) is 0.481. The summed E-state index contributed by atoms with van der Waals surface area (Å²) >= 11 is 0. The van der Waals surface area contributed by atoms with E-state index < -0.39 is 0 Å². The lowest BCUT2D eigenvalue weighted by atomic mass is 10.2. The fraction of sp³-hybridized carbons (Fsp3) is 0.812. The predicted octanol–water partition coefficient (Wildman–Crippen LogP) is 2.55. The van der Waals surface area contributed by atoms with Crippen LogP contribution in [0.4, 0.5) is 0 Å². The Morgan fingerprint density at radius 3 is 2.10 bits per heavy atom. The van der Waals surface area contributed by atoms with Gasteiger partial charge in [-0.15, -0.1) is 0 Å². The van der Waals surface area contributed by atoms with Crippen molar-refractivity contribution in [1.82, 2.24) is 9.80 Å².